The van der Waals surface area contributed by atoms with E-state index < -0.39 is 5.97 Å². The van der Waals surface area contributed by atoms with Gasteiger partial charge in [-0.1, -0.05) is 17.3 Å². The van der Waals surface area contributed by atoms with Crippen molar-refractivity contribution in [2.24, 2.45) is 0 Å². The van der Waals surface area contributed by atoms with Gasteiger partial charge in [-0.2, -0.15) is 0 Å². The first kappa shape index (κ1) is 13.3. The number of carbonyl (C=O) groups is 2. The fourth-order valence-corrected chi connectivity index (χ4v) is 2.22. The lowest BCUT2D eigenvalue weighted by Crippen LogP contribution is -2.48. The van der Waals surface area contributed by atoms with Gasteiger partial charge in [-0.25, -0.2) is 4.79 Å². The van der Waals surface area contributed by atoms with E-state index in [1.807, 2.05) is 6.07 Å². The number of nitrogens with zero attached hydrogens (tertiary/aromatic N) is 2. The summed E-state index contributed by atoms with van der Waals surface area (Å²) in [5.41, 5.74) is 1.29. The molecule has 0 spiro atoms. The first-order valence-corrected chi connectivity index (χ1v) is 6.46. The van der Waals surface area contributed by atoms with Crippen LogP contribution in [0.5, 0.6) is 0 Å². The van der Waals surface area contributed by atoms with E-state index in [2.05, 4.69) is 10.5 Å². The van der Waals surface area contributed by atoms with Gasteiger partial charge in [-0.3, -0.25) is 4.79 Å². The Morgan fingerprint density at radius 3 is 2.95 bits per heavy atom. The molecule has 1 saturated heterocycles. The predicted molar refractivity (Wildman–Crippen MR) is 74.1 cm³/mol. The normalized spacial score (nSPS) is 15.2. The minimum Gasteiger partial charge on any atom is -0.476 e. The summed E-state index contributed by atoms with van der Waals surface area (Å²) < 4.78 is 5.03. The van der Waals surface area contributed by atoms with Crippen molar-refractivity contribution in [3.8, 4) is 11.3 Å². The Bertz CT molecular complexity index is 695. The number of benzene rings is 1. The highest BCUT2D eigenvalue weighted by molar-refractivity contribution is 5.96. The molecule has 1 fully saturated rings. The minimum absolute atomic E-state index is 0.00203. The van der Waals surface area contributed by atoms with Crippen LogP contribution in [0.1, 0.15) is 10.5 Å². The molecule has 0 radical (unpaired) electrons. The lowest BCUT2D eigenvalue weighted by atomic mass is 10.1. The molecule has 108 valence electrons. The van der Waals surface area contributed by atoms with Crippen LogP contribution in [0.25, 0.3) is 11.3 Å². The number of hydrogen-bond acceptors (Lipinski definition) is 5. The van der Waals surface area contributed by atoms with Crippen molar-refractivity contribution >= 4 is 17.6 Å². The SMILES string of the molecule is O=C(O)c1cc(-c2cccc(N3CCNCC3=O)c2)on1. The summed E-state index contributed by atoms with van der Waals surface area (Å²) in [7, 11) is 0. The standard InChI is InChI=1S/C14H13N3O4/c18-13-8-15-4-5-17(13)10-3-1-2-9(6-10)12-7-11(14(19)20)16-21-12/h1-3,6-7,15H,4-5,8H2,(H,19,20). The van der Waals surface area contributed by atoms with E-state index in [1.165, 1.54) is 6.07 Å². The predicted octanol–water partition coefficient (Wildman–Crippen LogP) is 0.976. The lowest BCUT2D eigenvalue weighted by Gasteiger charge is -2.27. The topological polar surface area (TPSA) is 95.7 Å². The second kappa shape index (κ2) is 5.37. The number of carboxylic acids is 1. The van der Waals surface area contributed by atoms with Gasteiger partial charge in [0.15, 0.2) is 11.5 Å². The average Bonchev–Trinajstić information content (AvgIpc) is 2.98. The van der Waals surface area contributed by atoms with Gasteiger partial charge in [-0.05, 0) is 12.1 Å². The van der Waals surface area contributed by atoms with Crippen molar-refractivity contribution in [3.63, 3.8) is 0 Å². The average molecular weight is 287 g/mol. The van der Waals surface area contributed by atoms with Crippen molar-refractivity contribution in [1.82, 2.24) is 10.5 Å². The third kappa shape index (κ3) is 2.63. The molecule has 1 aromatic carbocycles. The molecule has 1 aromatic heterocycles. The van der Waals surface area contributed by atoms with Crippen molar-refractivity contribution < 1.29 is 19.2 Å². The van der Waals surface area contributed by atoms with Crippen LogP contribution in [0, 0.1) is 0 Å². The summed E-state index contributed by atoms with van der Waals surface area (Å²) in [5, 5.41) is 15.4. The summed E-state index contributed by atoms with van der Waals surface area (Å²) in [6, 6.07) is 8.56. The van der Waals surface area contributed by atoms with Crippen molar-refractivity contribution in [2.45, 2.75) is 0 Å². The van der Waals surface area contributed by atoms with Crippen molar-refractivity contribution in [1.29, 1.82) is 0 Å². The van der Waals surface area contributed by atoms with Crippen LogP contribution in [0.4, 0.5) is 5.69 Å². The molecule has 1 aliphatic rings. The molecule has 2 heterocycles. The van der Waals surface area contributed by atoms with Gasteiger partial charge in [0.05, 0.1) is 6.54 Å². The Morgan fingerprint density at radius 1 is 1.38 bits per heavy atom. The number of rotatable bonds is 3. The molecule has 0 aliphatic carbocycles. The fraction of sp³-hybridized carbons (Fsp3) is 0.214. The molecule has 0 saturated carbocycles. The number of carbonyl (C=O) groups excluding carboxylic acids is 1. The van der Waals surface area contributed by atoms with Crippen molar-refractivity contribution in [2.75, 3.05) is 24.5 Å². The Labute approximate surface area is 120 Å². The van der Waals surface area contributed by atoms with Crippen LogP contribution in [0.3, 0.4) is 0 Å². The van der Waals surface area contributed by atoms with Gasteiger partial charge in [0.25, 0.3) is 0 Å². The number of carboxylic acid groups (broad SMARTS) is 1. The molecule has 0 unspecified atom stereocenters. The monoisotopic (exact) mass is 287 g/mol. The highest BCUT2D eigenvalue weighted by Crippen LogP contribution is 2.25. The van der Waals surface area contributed by atoms with Gasteiger partial charge in [0.1, 0.15) is 0 Å². The Morgan fingerprint density at radius 2 is 2.24 bits per heavy atom. The zero-order valence-electron chi connectivity index (χ0n) is 11.1. The zero-order valence-corrected chi connectivity index (χ0v) is 11.1. The van der Waals surface area contributed by atoms with E-state index in [0.29, 0.717) is 24.4 Å². The molecule has 2 aromatic rings. The Hall–Kier alpha value is -2.67. The maximum Gasteiger partial charge on any atom is 0.358 e. The maximum atomic E-state index is 11.9. The summed E-state index contributed by atoms with van der Waals surface area (Å²) in [5.74, 6) is -0.780. The molecule has 1 amide bonds. The lowest BCUT2D eigenvalue weighted by molar-refractivity contribution is -0.118. The van der Waals surface area contributed by atoms with Crippen LogP contribution in [0.15, 0.2) is 34.9 Å². The van der Waals surface area contributed by atoms with Crippen molar-refractivity contribution in [3.05, 3.63) is 36.0 Å². The number of aromatic nitrogens is 1. The zero-order chi connectivity index (χ0) is 14.8. The molecular formula is C14H13N3O4. The van der Waals surface area contributed by atoms with E-state index in [4.69, 9.17) is 9.63 Å². The van der Waals surface area contributed by atoms with Crippen LogP contribution >= 0.6 is 0 Å². The maximum absolute atomic E-state index is 11.9. The van der Waals surface area contributed by atoms with Crippen LogP contribution in [-0.4, -0.2) is 41.8 Å². The van der Waals surface area contributed by atoms with E-state index in [0.717, 1.165) is 12.2 Å². The molecule has 0 atom stereocenters. The quantitative estimate of drug-likeness (QED) is 0.873. The first-order valence-electron chi connectivity index (χ1n) is 6.46. The van der Waals surface area contributed by atoms with Gasteiger partial charge in [0.2, 0.25) is 5.91 Å². The Balaban J connectivity index is 1.91. The molecule has 1 aliphatic heterocycles. The number of hydrogen-bond donors (Lipinski definition) is 2. The second-order valence-corrected chi connectivity index (χ2v) is 4.65. The van der Waals surface area contributed by atoms with Gasteiger partial charge in [-0.15, -0.1) is 0 Å². The number of nitrogens with one attached hydrogen (secondary N) is 1. The summed E-state index contributed by atoms with van der Waals surface area (Å²) >= 11 is 0. The summed E-state index contributed by atoms with van der Waals surface area (Å²) in [4.78, 5) is 24.4. The summed E-state index contributed by atoms with van der Waals surface area (Å²) in [6.45, 7) is 1.65. The first-order chi connectivity index (χ1) is 10.1. The Kier molecular flexibility index (Phi) is 3.41. The van der Waals surface area contributed by atoms with Gasteiger partial charge in [0, 0.05) is 30.4 Å². The molecule has 7 heteroatoms. The molecule has 21 heavy (non-hydrogen) atoms. The molecule has 0 bridgehead atoms. The van der Waals surface area contributed by atoms with Gasteiger partial charge < -0.3 is 19.8 Å². The van der Waals surface area contributed by atoms with Gasteiger partial charge >= 0.3 is 5.97 Å². The van der Waals surface area contributed by atoms with E-state index in [1.54, 1.807) is 23.1 Å². The number of amides is 1. The number of aromatic carboxylic acids is 1. The highest BCUT2D eigenvalue weighted by atomic mass is 16.5. The number of anilines is 1. The summed E-state index contributed by atoms with van der Waals surface area (Å²) in [6.07, 6.45) is 0. The van der Waals surface area contributed by atoms with Crippen LogP contribution < -0.4 is 10.2 Å². The van der Waals surface area contributed by atoms with Crippen LogP contribution in [-0.2, 0) is 4.79 Å². The highest BCUT2D eigenvalue weighted by Gasteiger charge is 2.20. The largest absolute Gasteiger partial charge is 0.476 e. The molecule has 7 nitrogen and oxygen atoms in total. The molecular weight excluding hydrogens is 274 g/mol. The number of piperazine rings is 1. The van der Waals surface area contributed by atoms with E-state index in [9.17, 15) is 9.59 Å². The van der Waals surface area contributed by atoms with E-state index >= 15 is 0 Å². The third-order valence-corrected chi connectivity index (χ3v) is 3.26. The minimum atomic E-state index is -1.14. The molecule has 3 rings (SSSR count). The second-order valence-electron chi connectivity index (χ2n) is 4.65. The fourth-order valence-electron chi connectivity index (χ4n) is 2.22. The van der Waals surface area contributed by atoms with Crippen LogP contribution in [0.2, 0.25) is 0 Å². The van der Waals surface area contributed by atoms with E-state index in [-0.39, 0.29) is 11.6 Å². The third-order valence-electron chi connectivity index (χ3n) is 3.26. The molecule has 2 N–H and O–H groups in total. The smallest absolute Gasteiger partial charge is 0.358 e.